The van der Waals surface area contributed by atoms with Gasteiger partial charge in [0, 0.05) is 39.6 Å². The van der Waals surface area contributed by atoms with Gasteiger partial charge in [0.2, 0.25) is 0 Å². The molecule has 0 aliphatic carbocycles. The molecular formula is C21H20Cl2F3N5O. The summed E-state index contributed by atoms with van der Waals surface area (Å²) in [6, 6.07) is 0.481. The van der Waals surface area contributed by atoms with Crippen LogP contribution in [0.1, 0.15) is 38.6 Å². The molecule has 1 aliphatic heterocycles. The van der Waals surface area contributed by atoms with Crippen LogP contribution in [0.5, 0.6) is 5.75 Å². The van der Waals surface area contributed by atoms with Crippen LogP contribution in [0.2, 0.25) is 10.0 Å². The zero-order valence-corrected chi connectivity index (χ0v) is 17.7. The molecule has 1 unspecified atom stereocenters. The summed E-state index contributed by atoms with van der Waals surface area (Å²) in [7, 11) is 0. The zero-order chi connectivity index (χ0) is 28.3. The van der Waals surface area contributed by atoms with Crippen molar-refractivity contribution in [3.05, 3.63) is 58.2 Å². The second-order valence-electron chi connectivity index (χ2n) is 6.57. The third kappa shape index (κ3) is 4.65. The molecule has 1 atom stereocenters. The molecule has 4 rings (SSSR count). The molecule has 3 aromatic rings. The van der Waals surface area contributed by atoms with Gasteiger partial charge in [-0.15, -0.1) is 0 Å². The summed E-state index contributed by atoms with van der Waals surface area (Å²) in [4.78, 5) is 3.89. The van der Waals surface area contributed by atoms with Crippen LogP contribution in [0.3, 0.4) is 0 Å². The monoisotopic (exact) mass is 491 g/mol. The van der Waals surface area contributed by atoms with E-state index in [-0.39, 0.29) is 24.2 Å². The first kappa shape index (κ1) is 16.2. The number of alkyl halides is 2. The van der Waals surface area contributed by atoms with E-state index in [1.165, 1.54) is 18.6 Å². The Balaban J connectivity index is 1.76. The van der Waals surface area contributed by atoms with E-state index in [9.17, 15) is 13.2 Å². The molecule has 2 aromatic heterocycles. The van der Waals surface area contributed by atoms with Gasteiger partial charge in [-0.3, -0.25) is 4.68 Å². The highest BCUT2D eigenvalue weighted by Gasteiger charge is 2.31. The minimum Gasteiger partial charge on any atom is -0.476 e. The second-order valence-corrected chi connectivity index (χ2v) is 7.36. The number of nitrogen functional groups attached to an aromatic ring is 1. The molecule has 0 amide bonds. The maximum absolute atomic E-state index is 14.2. The third-order valence-electron chi connectivity index (χ3n) is 4.50. The molecule has 1 aliphatic rings. The fourth-order valence-electron chi connectivity index (χ4n) is 2.94. The van der Waals surface area contributed by atoms with Crippen molar-refractivity contribution in [3.8, 4) is 16.9 Å². The van der Waals surface area contributed by atoms with Gasteiger partial charge in [0.25, 0.3) is 6.43 Å². The van der Waals surface area contributed by atoms with Crippen LogP contribution < -0.4 is 15.8 Å². The highest BCUT2D eigenvalue weighted by molar-refractivity contribution is 6.36. The number of nitrogens with one attached hydrogen (secondary N) is 1. The van der Waals surface area contributed by atoms with Gasteiger partial charge in [-0.1, -0.05) is 23.2 Å². The fraction of sp³-hybridized carbons (Fsp3) is 0.333. The summed E-state index contributed by atoms with van der Waals surface area (Å²) in [5, 5.41) is 5.35. The Morgan fingerprint density at radius 3 is 2.75 bits per heavy atom. The lowest BCUT2D eigenvalue weighted by molar-refractivity contribution is 0.0107. The number of ether oxygens (including phenoxy) is 1. The number of hydrogen-bond donors (Lipinski definition) is 2. The Labute approximate surface area is 200 Å². The van der Waals surface area contributed by atoms with Crippen molar-refractivity contribution in [1.29, 1.82) is 0 Å². The van der Waals surface area contributed by atoms with Crippen LogP contribution >= 0.6 is 23.2 Å². The Hall–Kier alpha value is -2.49. The lowest BCUT2D eigenvalue weighted by Crippen LogP contribution is -2.29. The van der Waals surface area contributed by atoms with Gasteiger partial charge < -0.3 is 15.8 Å². The SMILES string of the molecule is [2H]C(Oc1cc(-c2cnn(C3([2H])C([2H])([2H])CNCC3([2H])[2H])c2)cnc1N)(c1c(Cl)ccc(F)c1Cl)C(F)F. The van der Waals surface area contributed by atoms with E-state index < -0.39 is 64.3 Å². The highest BCUT2D eigenvalue weighted by atomic mass is 35.5. The predicted octanol–water partition coefficient (Wildman–Crippen LogP) is 5.28. The molecular weight excluding hydrogens is 466 g/mol. The van der Waals surface area contributed by atoms with Crippen LogP contribution in [-0.4, -0.2) is 34.3 Å². The standard InChI is InChI=1S/C21H20Cl2F3N5O/c22-14-1-2-15(24)18(23)17(14)19(20(25)26)32-16-7-11(8-29-21(16)27)12-9-30-31(10-12)13-3-5-28-6-4-13/h1-2,7-10,13,19-20,28H,3-6H2,(H2,27,29)/i3D2,4D2,13D,19D. The number of rotatable bonds is 6. The third-order valence-corrected chi connectivity index (χ3v) is 5.18. The summed E-state index contributed by atoms with van der Waals surface area (Å²) in [6.45, 7) is -0.589. The first-order valence-corrected chi connectivity index (χ1v) is 9.93. The average molecular weight is 492 g/mol. The van der Waals surface area contributed by atoms with E-state index in [1.807, 2.05) is 0 Å². The first-order chi connectivity index (χ1) is 17.5. The number of aromatic nitrogens is 3. The van der Waals surface area contributed by atoms with E-state index in [0.29, 0.717) is 0 Å². The lowest BCUT2D eigenvalue weighted by atomic mass is 10.1. The van der Waals surface area contributed by atoms with Gasteiger partial charge in [-0.2, -0.15) is 5.10 Å². The largest absolute Gasteiger partial charge is 0.476 e. The van der Waals surface area contributed by atoms with E-state index >= 15 is 0 Å². The smallest absolute Gasteiger partial charge is 0.279 e. The summed E-state index contributed by atoms with van der Waals surface area (Å²) in [5.41, 5.74) is 5.33. The van der Waals surface area contributed by atoms with E-state index in [0.717, 1.165) is 22.9 Å². The topological polar surface area (TPSA) is 78.0 Å². The van der Waals surface area contributed by atoms with Crippen LogP contribution in [-0.2, 0) is 0 Å². The Morgan fingerprint density at radius 1 is 1.28 bits per heavy atom. The number of benzene rings is 1. The van der Waals surface area contributed by atoms with Crippen molar-refractivity contribution >= 4 is 29.0 Å². The highest BCUT2D eigenvalue weighted by Crippen LogP contribution is 2.39. The van der Waals surface area contributed by atoms with E-state index in [4.69, 9.17) is 41.9 Å². The van der Waals surface area contributed by atoms with E-state index in [1.54, 1.807) is 0 Å². The summed E-state index contributed by atoms with van der Waals surface area (Å²) < 4.78 is 98.6. The van der Waals surface area contributed by atoms with Crippen LogP contribution in [0, 0.1) is 5.82 Å². The number of halogens is 5. The molecule has 0 bridgehead atoms. The molecule has 32 heavy (non-hydrogen) atoms. The average Bonchev–Trinajstić information content (AvgIpc) is 3.32. The van der Waals surface area contributed by atoms with Gasteiger partial charge in [-0.25, -0.2) is 18.2 Å². The summed E-state index contributed by atoms with van der Waals surface area (Å²) in [6.07, 6.45) is -7.98. The van der Waals surface area contributed by atoms with E-state index in [2.05, 4.69) is 15.4 Å². The molecule has 1 saturated heterocycles. The maximum Gasteiger partial charge on any atom is 0.279 e. The number of nitrogens with zero attached hydrogens (tertiary/aromatic N) is 3. The van der Waals surface area contributed by atoms with Crippen molar-refractivity contribution in [3.63, 3.8) is 0 Å². The number of hydrogen-bond acceptors (Lipinski definition) is 5. The van der Waals surface area contributed by atoms with Crippen molar-refractivity contribution in [2.24, 2.45) is 0 Å². The maximum atomic E-state index is 14.2. The number of nitrogens with two attached hydrogens (primary N) is 1. The van der Waals surface area contributed by atoms with Crippen molar-refractivity contribution in [2.45, 2.75) is 31.3 Å². The second kappa shape index (κ2) is 9.56. The number of piperidine rings is 1. The summed E-state index contributed by atoms with van der Waals surface area (Å²) >= 11 is 11.8. The summed E-state index contributed by atoms with van der Waals surface area (Å²) in [5.74, 6) is -2.00. The molecule has 3 N–H and O–H groups in total. The van der Waals surface area contributed by atoms with Crippen molar-refractivity contribution < 1.29 is 26.1 Å². The molecule has 0 spiro atoms. The Morgan fingerprint density at radius 2 is 2.03 bits per heavy atom. The van der Waals surface area contributed by atoms with Gasteiger partial charge in [0.1, 0.15) is 5.82 Å². The van der Waals surface area contributed by atoms with Crippen molar-refractivity contribution in [2.75, 3.05) is 18.8 Å². The molecule has 6 nitrogen and oxygen atoms in total. The predicted molar refractivity (Wildman–Crippen MR) is 117 cm³/mol. The first-order valence-electron chi connectivity index (χ1n) is 12.2. The minimum atomic E-state index is -3.57. The van der Waals surface area contributed by atoms with Gasteiger partial charge in [-0.05, 0) is 44.0 Å². The molecule has 1 aromatic carbocycles. The number of pyridine rings is 1. The van der Waals surface area contributed by atoms with Crippen LogP contribution in [0.25, 0.3) is 11.1 Å². The molecule has 3 heterocycles. The molecule has 11 heteroatoms. The molecule has 170 valence electrons. The lowest BCUT2D eigenvalue weighted by Gasteiger charge is -2.22. The minimum absolute atomic E-state index is 0.146. The molecule has 1 fully saturated rings. The molecule has 0 radical (unpaired) electrons. The Bertz CT molecular complexity index is 1370. The van der Waals surface area contributed by atoms with Gasteiger partial charge in [0.15, 0.2) is 17.6 Å². The Kier molecular flexibility index (Phi) is 4.83. The normalized spacial score (nSPS) is 23.7. The van der Waals surface area contributed by atoms with Gasteiger partial charge in [0.05, 0.1) is 20.0 Å². The fourth-order valence-corrected chi connectivity index (χ4v) is 3.50. The van der Waals surface area contributed by atoms with Gasteiger partial charge >= 0.3 is 0 Å². The molecule has 0 saturated carbocycles. The zero-order valence-electron chi connectivity index (χ0n) is 22.2. The number of anilines is 1. The van der Waals surface area contributed by atoms with Crippen molar-refractivity contribution in [1.82, 2.24) is 20.1 Å². The van der Waals surface area contributed by atoms with Crippen LogP contribution in [0.15, 0.2) is 36.8 Å². The van der Waals surface area contributed by atoms with Crippen LogP contribution in [0.4, 0.5) is 19.0 Å². The quantitative estimate of drug-likeness (QED) is 0.458.